The van der Waals surface area contributed by atoms with Gasteiger partial charge < -0.3 is 4.90 Å². The lowest BCUT2D eigenvalue weighted by Gasteiger charge is -2.18. The third kappa shape index (κ3) is 3.68. The third-order valence-electron chi connectivity index (χ3n) is 3.64. The molecular formula is C18H15BrClN3O. The number of nitrogens with zero attached hydrogens (tertiary/aromatic N) is 3. The van der Waals surface area contributed by atoms with Crippen molar-refractivity contribution >= 4 is 33.4 Å². The monoisotopic (exact) mass is 403 g/mol. The summed E-state index contributed by atoms with van der Waals surface area (Å²) in [6.07, 6.45) is 3.58. The average Bonchev–Trinajstić information content (AvgIpc) is 3.03. The molecule has 0 fully saturated rings. The van der Waals surface area contributed by atoms with Crippen LogP contribution in [0.2, 0.25) is 5.02 Å². The molecule has 6 heteroatoms. The number of benzene rings is 2. The van der Waals surface area contributed by atoms with Crippen molar-refractivity contribution in [3.8, 4) is 5.69 Å². The summed E-state index contributed by atoms with van der Waals surface area (Å²) >= 11 is 9.53. The van der Waals surface area contributed by atoms with E-state index in [1.807, 2.05) is 42.6 Å². The predicted octanol–water partition coefficient (Wildman–Crippen LogP) is 4.56. The number of halogens is 2. The summed E-state index contributed by atoms with van der Waals surface area (Å²) in [6, 6.07) is 14.9. The second-order valence-electron chi connectivity index (χ2n) is 5.40. The number of hydrogen-bond acceptors (Lipinski definition) is 2. The van der Waals surface area contributed by atoms with Gasteiger partial charge >= 0.3 is 0 Å². The minimum atomic E-state index is -0.0527. The van der Waals surface area contributed by atoms with Crippen LogP contribution in [0.4, 0.5) is 0 Å². The highest BCUT2D eigenvalue weighted by Gasteiger charge is 2.13. The Morgan fingerprint density at radius 1 is 1.21 bits per heavy atom. The van der Waals surface area contributed by atoms with E-state index in [2.05, 4.69) is 21.0 Å². The molecule has 4 nitrogen and oxygen atoms in total. The first-order chi connectivity index (χ1) is 11.5. The summed E-state index contributed by atoms with van der Waals surface area (Å²) in [4.78, 5) is 14.2. The van der Waals surface area contributed by atoms with Gasteiger partial charge in [-0.1, -0.05) is 29.8 Å². The number of hydrogen-bond donors (Lipinski definition) is 0. The van der Waals surface area contributed by atoms with E-state index in [1.165, 1.54) is 0 Å². The number of amides is 1. The number of carbonyl (C=O) groups excluding carboxylic acids is 1. The van der Waals surface area contributed by atoms with Gasteiger partial charge in [0.25, 0.3) is 5.91 Å². The molecule has 0 bridgehead atoms. The Balaban J connectivity index is 1.74. The van der Waals surface area contributed by atoms with Crippen LogP contribution in [-0.2, 0) is 6.54 Å². The van der Waals surface area contributed by atoms with Gasteiger partial charge in [0, 0.05) is 30.4 Å². The van der Waals surface area contributed by atoms with Gasteiger partial charge in [0.2, 0.25) is 0 Å². The molecule has 24 heavy (non-hydrogen) atoms. The minimum absolute atomic E-state index is 0.0527. The molecule has 1 aromatic heterocycles. The Morgan fingerprint density at radius 3 is 2.54 bits per heavy atom. The zero-order valence-corrected chi connectivity index (χ0v) is 15.3. The van der Waals surface area contributed by atoms with Gasteiger partial charge in [0.15, 0.2) is 0 Å². The van der Waals surface area contributed by atoms with Gasteiger partial charge in [-0.15, -0.1) is 0 Å². The molecule has 0 saturated carbocycles. The quantitative estimate of drug-likeness (QED) is 0.639. The van der Waals surface area contributed by atoms with Crippen molar-refractivity contribution in [2.24, 2.45) is 0 Å². The van der Waals surface area contributed by atoms with Crippen LogP contribution in [0.3, 0.4) is 0 Å². The van der Waals surface area contributed by atoms with E-state index in [9.17, 15) is 4.79 Å². The summed E-state index contributed by atoms with van der Waals surface area (Å²) < 4.78 is 2.65. The molecule has 1 amide bonds. The highest BCUT2D eigenvalue weighted by molar-refractivity contribution is 9.10. The SMILES string of the molecule is CN(Cc1ccccc1Cl)C(=O)c1ccc(-n2cc(Br)cn2)cc1. The van der Waals surface area contributed by atoms with Gasteiger partial charge in [-0.2, -0.15) is 5.10 Å². The topological polar surface area (TPSA) is 38.1 Å². The van der Waals surface area contributed by atoms with Crippen molar-refractivity contribution in [2.75, 3.05) is 7.05 Å². The Labute approximate surface area is 153 Å². The first kappa shape index (κ1) is 16.7. The molecule has 0 atom stereocenters. The van der Waals surface area contributed by atoms with Crippen molar-refractivity contribution in [1.29, 1.82) is 0 Å². The van der Waals surface area contributed by atoms with Crippen LogP contribution in [0.5, 0.6) is 0 Å². The maximum atomic E-state index is 12.6. The van der Waals surface area contributed by atoms with E-state index in [4.69, 9.17) is 11.6 Å². The average molecular weight is 405 g/mol. The molecule has 0 N–H and O–H groups in total. The molecule has 0 spiro atoms. The molecule has 0 aliphatic rings. The summed E-state index contributed by atoms with van der Waals surface area (Å²) in [5.74, 6) is -0.0527. The van der Waals surface area contributed by atoms with E-state index in [0.717, 1.165) is 15.7 Å². The maximum absolute atomic E-state index is 12.6. The van der Waals surface area contributed by atoms with Gasteiger partial charge in [-0.05, 0) is 51.8 Å². The summed E-state index contributed by atoms with van der Waals surface area (Å²) in [5, 5.41) is 4.88. The molecule has 0 unspecified atom stereocenters. The standard InChI is InChI=1S/C18H15BrClN3O/c1-22(11-14-4-2-3-5-17(14)20)18(24)13-6-8-16(9-7-13)23-12-15(19)10-21-23/h2-10,12H,11H2,1H3. The van der Waals surface area contributed by atoms with E-state index < -0.39 is 0 Å². The summed E-state index contributed by atoms with van der Waals surface area (Å²) in [7, 11) is 1.77. The lowest BCUT2D eigenvalue weighted by Crippen LogP contribution is -2.26. The minimum Gasteiger partial charge on any atom is -0.337 e. The molecule has 1 heterocycles. The number of aromatic nitrogens is 2. The largest absolute Gasteiger partial charge is 0.337 e. The molecule has 0 aliphatic heterocycles. The predicted molar refractivity (Wildman–Crippen MR) is 98.5 cm³/mol. The fourth-order valence-corrected chi connectivity index (χ4v) is 2.85. The van der Waals surface area contributed by atoms with Crippen molar-refractivity contribution in [2.45, 2.75) is 6.54 Å². The highest BCUT2D eigenvalue weighted by Crippen LogP contribution is 2.18. The number of rotatable bonds is 4. The van der Waals surface area contributed by atoms with Crippen molar-refractivity contribution in [3.63, 3.8) is 0 Å². The summed E-state index contributed by atoms with van der Waals surface area (Å²) in [5.41, 5.74) is 2.44. The summed E-state index contributed by atoms with van der Waals surface area (Å²) in [6.45, 7) is 0.465. The Bertz CT molecular complexity index is 861. The van der Waals surface area contributed by atoms with E-state index in [0.29, 0.717) is 17.1 Å². The normalized spacial score (nSPS) is 10.6. The maximum Gasteiger partial charge on any atom is 0.253 e. The lowest BCUT2D eigenvalue weighted by atomic mass is 10.1. The van der Waals surface area contributed by atoms with Crippen LogP contribution in [0.15, 0.2) is 65.4 Å². The van der Waals surface area contributed by atoms with Crippen LogP contribution in [-0.4, -0.2) is 27.6 Å². The van der Waals surface area contributed by atoms with Crippen LogP contribution in [0, 0.1) is 0 Å². The van der Waals surface area contributed by atoms with Gasteiger partial charge in [-0.3, -0.25) is 4.79 Å². The lowest BCUT2D eigenvalue weighted by molar-refractivity contribution is 0.0785. The van der Waals surface area contributed by atoms with Crippen LogP contribution < -0.4 is 0 Å². The van der Waals surface area contributed by atoms with Crippen molar-refractivity contribution < 1.29 is 4.79 Å². The zero-order valence-electron chi connectivity index (χ0n) is 13.0. The molecule has 0 saturated heterocycles. The van der Waals surface area contributed by atoms with E-state index in [1.54, 1.807) is 35.0 Å². The molecular weight excluding hydrogens is 390 g/mol. The molecule has 3 rings (SSSR count). The van der Waals surface area contributed by atoms with Gasteiger partial charge in [-0.25, -0.2) is 4.68 Å². The first-order valence-corrected chi connectivity index (χ1v) is 8.51. The van der Waals surface area contributed by atoms with Crippen molar-refractivity contribution in [3.05, 3.63) is 81.5 Å². The van der Waals surface area contributed by atoms with Gasteiger partial charge in [0.05, 0.1) is 16.4 Å². The molecule has 0 aliphatic carbocycles. The molecule has 2 aromatic carbocycles. The molecule has 3 aromatic rings. The van der Waals surface area contributed by atoms with Gasteiger partial charge in [0.1, 0.15) is 0 Å². The zero-order chi connectivity index (χ0) is 17.1. The Hall–Kier alpha value is -2.11. The van der Waals surface area contributed by atoms with Crippen molar-refractivity contribution in [1.82, 2.24) is 14.7 Å². The second-order valence-corrected chi connectivity index (χ2v) is 6.73. The van der Waals surface area contributed by atoms with Crippen LogP contribution in [0.1, 0.15) is 15.9 Å². The Morgan fingerprint density at radius 2 is 1.92 bits per heavy atom. The fraction of sp³-hybridized carbons (Fsp3) is 0.111. The van der Waals surface area contributed by atoms with E-state index >= 15 is 0 Å². The fourth-order valence-electron chi connectivity index (χ4n) is 2.37. The highest BCUT2D eigenvalue weighted by atomic mass is 79.9. The van der Waals surface area contributed by atoms with E-state index in [-0.39, 0.29) is 5.91 Å². The van der Waals surface area contributed by atoms with Crippen LogP contribution in [0.25, 0.3) is 5.69 Å². The molecule has 0 radical (unpaired) electrons. The third-order valence-corrected chi connectivity index (χ3v) is 4.42. The second kappa shape index (κ2) is 7.20. The smallest absolute Gasteiger partial charge is 0.253 e. The first-order valence-electron chi connectivity index (χ1n) is 7.34. The number of carbonyl (C=O) groups is 1. The molecule has 122 valence electrons. The van der Waals surface area contributed by atoms with Crippen LogP contribution >= 0.6 is 27.5 Å². The Kier molecular flexibility index (Phi) is 5.02.